The van der Waals surface area contributed by atoms with E-state index in [0.29, 0.717) is 0 Å². The van der Waals surface area contributed by atoms with Gasteiger partial charge in [-0.1, -0.05) is 41.5 Å². The normalized spacial score (nSPS) is 12.0. The second kappa shape index (κ2) is 15.9. The van der Waals surface area contributed by atoms with Crippen molar-refractivity contribution >= 4 is 35.7 Å². The van der Waals surface area contributed by atoms with Gasteiger partial charge in [-0.2, -0.15) is 0 Å². The van der Waals surface area contributed by atoms with Gasteiger partial charge in [-0.25, -0.2) is 0 Å². The molecule has 22 heavy (non-hydrogen) atoms. The van der Waals surface area contributed by atoms with E-state index in [1.165, 1.54) is 75.5 Å². The van der Waals surface area contributed by atoms with E-state index in [-0.39, 0.29) is 0 Å². The molecular formula is C18H42Cl2P2+2. The van der Waals surface area contributed by atoms with Crippen molar-refractivity contribution < 1.29 is 0 Å². The molecule has 0 aromatic rings. The molecule has 0 heterocycles. The highest BCUT2D eigenvalue weighted by Gasteiger charge is 2.33. The summed E-state index contributed by atoms with van der Waals surface area (Å²) in [5, 5.41) is 0. The second-order valence-electron chi connectivity index (χ2n) is 6.40. The molecule has 136 valence electrons. The van der Waals surface area contributed by atoms with Gasteiger partial charge in [0.25, 0.3) is 0 Å². The maximum absolute atomic E-state index is 6.55. The minimum absolute atomic E-state index is 0.997. The Bertz CT molecular complexity index is 177. The Labute approximate surface area is 152 Å². The van der Waals surface area contributed by atoms with Gasteiger partial charge in [-0.05, 0) is 38.5 Å². The lowest BCUT2D eigenvalue weighted by Gasteiger charge is -2.16. The summed E-state index contributed by atoms with van der Waals surface area (Å²) >= 11 is 13.1. The quantitative estimate of drug-likeness (QED) is 0.292. The third-order valence-corrected chi connectivity index (χ3v) is 14.3. The van der Waals surface area contributed by atoms with E-state index in [1.54, 1.807) is 0 Å². The van der Waals surface area contributed by atoms with Crippen LogP contribution >= 0.6 is 35.7 Å². The van der Waals surface area contributed by atoms with Crippen molar-refractivity contribution in [1.29, 1.82) is 0 Å². The van der Waals surface area contributed by atoms with Crippen molar-refractivity contribution in [3.8, 4) is 0 Å². The first-order valence-electron chi connectivity index (χ1n) is 9.48. The first-order chi connectivity index (χ1) is 10.4. The van der Waals surface area contributed by atoms with E-state index >= 15 is 0 Å². The molecule has 0 nitrogen and oxygen atoms in total. The molecular weight excluding hydrogens is 349 g/mol. The van der Waals surface area contributed by atoms with Gasteiger partial charge in [0.05, 0.1) is 59.5 Å². The average molecular weight is 391 g/mol. The lowest BCUT2D eigenvalue weighted by Crippen LogP contribution is -2.00. The molecule has 0 saturated carbocycles. The van der Waals surface area contributed by atoms with Crippen LogP contribution in [0.25, 0.3) is 0 Å². The Morgan fingerprint density at radius 2 is 0.545 bits per heavy atom. The molecule has 0 aliphatic carbocycles. The molecule has 0 unspecified atom stereocenters. The maximum atomic E-state index is 6.55. The highest BCUT2D eigenvalue weighted by atomic mass is 35.7. The third kappa shape index (κ3) is 13.8. The molecule has 0 saturated heterocycles. The lowest BCUT2D eigenvalue weighted by atomic mass is 10.6. The summed E-state index contributed by atoms with van der Waals surface area (Å²) in [5.41, 5.74) is 0. The molecule has 0 rings (SSSR count). The van der Waals surface area contributed by atoms with Gasteiger partial charge in [0, 0.05) is 0 Å². The van der Waals surface area contributed by atoms with E-state index in [9.17, 15) is 0 Å². The Kier molecular flexibility index (Phi) is 18.6. The maximum Gasteiger partial charge on any atom is 0.113 e. The van der Waals surface area contributed by atoms with Crippen molar-refractivity contribution in [2.24, 2.45) is 0 Å². The van der Waals surface area contributed by atoms with Crippen LogP contribution in [-0.2, 0) is 0 Å². The summed E-state index contributed by atoms with van der Waals surface area (Å²) in [6.45, 7) is 11.4. The van der Waals surface area contributed by atoms with Crippen molar-refractivity contribution in [2.45, 2.75) is 80.1 Å². The van der Waals surface area contributed by atoms with Crippen molar-refractivity contribution in [3.63, 3.8) is 0 Å². The van der Waals surface area contributed by atoms with Gasteiger partial charge in [0.2, 0.25) is 0 Å². The van der Waals surface area contributed by atoms with Crippen LogP contribution < -0.4 is 0 Å². The zero-order valence-electron chi connectivity index (χ0n) is 16.1. The van der Waals surface area contributed by atoms with Crippen LogP contribution in [0.15, 0.2) is 0 Å². The molecule has 0 aliphatic rings. The second-order valence-corrected chi connectivity index (χ2v) is 17.5. The average Bonchev–Trinajstić information content (AvgIpc) is 2.40. The smallest absolute Gasteiger partial charge is 0.0619 e. The van der Waals surface area contributed by atoms with E-state index in [0.717, 1.165) is 0 Å². The number of halogens is 2. The van der Waals surface area contributed by atoms with Crippen molar-refractivity contribution in [1.82, 2.24) is 0 Å². The van der Waals surface area contributed by atoms with Crippen LogP contribution in [0.4, 0.5) is 0 Å². The van der Waals surface area contributed by atoms with Crippen molar-refractivity contribution in [3.05, 3.63) is 0 Å². The van der Waals surface area contributed by atoms with Crippen LogP contribution in [0, 0.1) is 0 Å². The molecule has 0 N–H and O–H groups in total. The Balaban J connectivity index is 0. The molecule has 0 aromatic heterocycles. The number of hydrogen-bond acceptors (Lipinski definition) is 0. The molecule has 0 atom stereocenters. The Hall–Kier alpha value is 1.44. The minimum atomic E-state index is -0.997. The van der Waals surface area contributed by atoms with Gasteiger partial charge in [-0.3, -0.25) is 0 Å². The van der Waals surface area contributed by atoms with E-state index in [1.807, 2.05) is 0 Å². The molecule has 0 amide bonds. The summed E-state index contributed by atoms with van der Waals surface area (Å²) in [5.74, 6) is 0. The molecule has 0 spiro atoms. The Morgan fingerprint density at radius 3 is 0.636 bits per heavy atom. The zero-order valence-corrected chi connectivity index (χ0v) is 19.4. The molecule has 0 aliphatic heterocycles. The highest BCUT2D eigenvalue weighted by molar-refractivity contribution is 7.99. The third-order valence-electron chi connectivity index (χ3n) is 3.75. The van der Waals surface area contributed by atoms with Gasteiger partial charge >= 0.3 is 0 Å². The molecule has 0 radical (unpaired) electrons. The summed E-state index contributed by atoms with van der Waals surface area (Å²) in [7, 11) is 0. The van der Waals surface area contributed by atoms with E-state index in [2.05, 4.69) is 41.5 Å². The summed E-state index contributed by atoms with van der Waals surface area (Å²) in [4.78, 5) is 0. The zero-order chi connectivity index (χ0) is 17.5. The number of hydrogen-bond donors (Lipinski definition) is 0. The molecule has 0 fully saturated rings. The first-order valence-corrected chi connectivity index (χ1v) is 16.0. The fraction of sp³-hybridized carbons (Fsp3) is 1.00. The largest absolute Gasteiger partial charge is 0.113 e. The summed E-state index contributed by atoms with van der Waals surface area (Å²) in [6, 6.07) is 0. The fourth-order valence-corrected chi connectivity index (χ4v) is 12.3. The number of rotatable bonds is 12. The fourth-order valence-electron chi connectivity index (χ4n) is 3.08. The predicted octanol–water partition coefficient (Wildman–Crippen LogP) is 8.78. The van der Waals surface area contributed by atoms with Crippen molar-refractivity contribution in [2.75, 3.05) is 37.0 Å². The highest BCUT2D eigenvalue weighted by Crippen LogP contribution is 2.65. The van der Waals surface area contributed by atoms with Gasteiger partial charge in [-0.15, -0.1) is 0 Å². The van der Waals surface area contributed by atoms with E-state index < -0.39 is 13.2 Å². The van der Waals surface area contributed by atoms with Crippen LogP contribution in [0.3, 0.4) is 0 Å². The van der Waals surface area contributed by atoms with Gasteiger partial charge in [0.1, 0.15) is 13.2 Å². The first kappa shape index (κ1) is 25.7. The molecule has 0 aromatic carbocycles. The van der Waals surface area contributed by atoms with Crippen LogP contribution in [0.2, 0.25) is 0 Å². The van der Waals surface area contributed by atoms with E-state index in [4.69, 9.17) is 22.5 Å². The molecule has 4 heteroatoms. The minimum Gasteiger partial charge on any atom is -0.0619 e. The lowest BCUT2D eigenvalue weighted by molar-refractivity contribution is 1.01. The Morgan fingerprint density at radius 1 is 0.409 bits per heavy atom. The monoisotopic (exact) mass is 390 g/mol. The predicted molar refractivity (Wildman–Crippen MR) is 116 cm³/mol. The standard InChI is InChI=1S/2C9H21ClP/c2*1-4-7-11(10,8-5-2)9-6-3/h2*4-9H2,1-3H3/q2*+1. The summed E-state index contributed by atoms with van der Waals surface area (Å²) < 4.78 is 0. The van der Waals surface area contributed by atoms with Crippen LogP contribution in [0.1, 0.15) is 80.1 Å². The summed E-state index contributed by atoms with van der Waals surface area (Å²) in [6.07, 6.45) is 15.3. The van der Waals surface area contributed by atoms with Gasteiger partial charge in [0.15, 0.2) is 0 Å². The van der Waals surface area contributed by atoms with Crippen LogP contribution in [-0.4, -0.2) is 37.0 Å². The topological polar surface area (TPSA) is 0 Å². The van der Waals surface area contributed by atoms with Gasteiger partial charge < -0.3 is 0 Å². The molecule has 0 bridgehead atoms. The SMILES string of the molecule is CCC[P+](Cl)(CCC)CCC.CCC[P+](Cl)(CCC)CCC. The van der Waals surface area contributed by atoms with Crippen LogP contribution in [0.5, 0.6) is 0 Å².